The van der Waals surface area contributed by atoms with E-state index in [9.17, 15) is 10.2 Å². The van der Waals surface area contributed by atoms with Crippen LogP contribution in [-0.2, 0) is 0 Å². The molecular weight excluding hydrogens is 180 g/mol. The van der Waals surface area contributed by atoms with Gasteiger partial charge in [-0.3, -0.25) is 0 Å². The van der Waals surface area contributed by atoms with Gasteiger partial charge in [0.2, 0.25) is 0 Å². The SMILES string of the molecule is OC[C@@]1(O)C[C@@H](O)[C@H](O)[C@H](O)[C@H]1O. The molecule has 6 nitrogen and oxygen atoms in total. The van der Waals surface area contributed by atoms with Gasteiger partial charge in [0.05, 0.1) is 12.7 Å². The summed E-state index contributed by atoms with van der Waals surface area (Å²) in [7, 11) is 0. The molecular formula is C7H14O6. The molecule has 1 saturated carbocycles. The van der Waals surface area contributed by atoms with Crippen LogP contribution in [0.4, 0.5) is 0 Å². The van der Waals surface area contributed by atoms with Crippen LogP contribution in [0.5, 0.6) is 0 Å². The highest BCUT2D eigenvalue weighted by Crippen LogP contribution is 2.29. The van der Waals surface area contributed by atoms with Crippen LogP contribution in [0, 0.1) is 0 Å². The van der Waals surface area contributed by atoms with Crippen molar-refractivity contribution in [1.29, 1.82) is 0 Å². The Balaban J connectivity index is 2.82. The van der Waals surface area contributed by atoms with Crippen LogP contribution in [0.3, 0.4) is 0 Å². The minimum Gasteiger partial charge on any atom is -0.393 e. The first kappa shape index (κ1) is 10.8. The molecule has 0 bridgehead atoms. The molecule has 0 spiro atoms. The second-order valence-electron chi connectivity index (χ2n) is 3.46. The predicted molar refractivity (Wildman–Crippen MR) is 40.7 cm³/mol. The first-order chi connectivity index (χ1) is 5.92. The highest BCUT2D eigenvalue weighted by atomic mass is 16.4. The van der Waals surface area contributed by atoms with Gasteiger partial charge in [0, 0.05) is 6.42 Å². The van der Waals surface area contributed by atoms with Crippen LogP contribution in [0.25, 0.3) is 0 Å². The van der Waals surface area contributed by atoms with Crippen molar-refractivity contribution < 1.29 is 30.6 Å². The maximum absolute atomic E-state index is 9.48. The fourth-order valence-electron chi connectivity index (χ4n) is 1.49. The topological polar surface area (TPSA) is 121 Å². The number of hydrogen-bond donors (Lipinski definition) is 6. The Kier molecular flexibility index (Phi) is 2.91. The van der Waals surface area contributed by atoms with Crippen molar-refractivity contribution in [2.45, 2.75) is 36.4 Å². The van der Waals surface area contributed by atoms with Gasteiger partial charge in [-0.15, -0.1) is 0 Å². The van der Waals surface area contributed by atoms with Gasteiger partial charge in [0.15, 0.2) is 0 Å². The summed E-state index contributed by atoms with van der Waals surface area (Å²) in [5, 5.41) is 54.8. The van der Waals surface area contributed by atoms with E-state index in [-0.39, 0.29) is 6.42 Å². The maximum atomic E-state index is 9.48. The van der Waals surface area contributed by atoms with Gasteiger partial charge in [0.1, 0.15) is 23.9 Å². The number of aliphatic hydroxyl groups excluding tert-OH is 5. The molecule has 1 fully saturated rings. The second kappa shape index (κ2) is 3.49. The monoisotopic (exact) mass is 194 g/mol. The number of hydrogen-bond acceptors (Lipinski definition) is 6. The average Bonchev–Trinajstić information content (AvgIpc) is 2.12. The minimum absolute atomic E-state index is 0.372. The fraction of sp³-hybridized carbons (Fsp3) is 1.00. The van der Waals surface area contributed by atoms with Crippen molar-refractivity contribution in [3.63, 3.8) is 0 Å². The molecule has 1 rings (SSSR count). The highest BCUT2D eigenvalue weighted by Gasteiger charge is 2.50. The highest BCUT2D eigenvalue weighted by molar-refractivity contribution is 5.01. The van der Waals surface area contributed by atoms with Crippen LogP contribution in [0.2, 0.25) is 0 Å². The van der Waals surface area contributed by atoms with Crippen molar-refractivity contribution >= 4 is 0 Å². The van der Waals surface area contributed by atoms with E-state index in [1.807, 2.05) is 0 Å². The molecule has 0 unspecified atom stereocenters. The van der Waals surface area contributed by atoms with Crippen molar-refractivity contribution in [1.82, 2.24) is 0 Å². The van der Waals surface area contributed by atoms with E-state index in [4.69, 9.17) is 20.4 Å². The predicted octanol–water partition coefficient (Wildman–Crippen LogP) is -3.44. The van der Waals surface area contributed by atoms with Crippen LogP contribution in [0.15, 0.2) is 0 Å². The third-order valence-electron chi connectivity index (χ3n) is 2.45. The van der Waals surface area contributed by atoms with E-state index in [1.54, 1.807) is 0 Å². The molecule has 0 saturated heterocycles. The fourth-order valence-corrected chi connectivity index (χ4v) is 1.49. The van der Waals surface area contributed by atoms with Gasteiger partial charge in [-0.1, -0.05) is 0 Å². The lowest BCUT2D eigenvalue weighted by Crippen LogP contribution is -2.64. The number of aliphatic hydroxyl groups is 6. The molecule has 13 heavy (non-hydrogen) atoms. The third-order valence-corrected chi connectivity index (χ3v) is 2.45. The molecule has 0 aromatic carbocycles. The molecule has 1 aliphatic rings. The van der Waals surface area contributed by atoms with Gasteiger partial charge in [0.25, 0.3) is 0 Å². The van der Waals surface area contributed by atoms with Gasteiger partial charge < -0.3 is 30.6 Å². The van der Waals surface area contributed by atoms with Crippen LogP contribution in [0.1, 0.15) is 6.42 Å². The Bertz CT molecular complexity index is 186. The molecule has 6 N–H and O–H groups in total. The van der Waals surface area contributed by atoms with Gasteiger partial charge in [-0.2, -0.15) is 0 Å². The Labute approximate surface area is 74.7 Å². The second-order valence-corrected chi connectivity index (χ2v) is 3.46. The van der Waals surface area contributed by atoms with Gasteiger partial charge >= 0.3 is 0 Å². The van der Waals surface area contributed by atoms with Crippen LogP contribution in [-0.4, -0.2) is 67.3 Å². The standard InChI is InChI=1S/C7H14O6/c8-2-7(13)1-3(9)4(10)5(11)6(7)12/h3-6,8-13H,1-2H2/t3-,4+,5+,6-,7+/m1/s1. The van der Waals surface area contributed by atoms with Crippen LogP contribution < -0.4 is 0 Å². The first-order valence-electron chi connectivity index (χ1n) is 3.98. The van der Waals surface area contributed by atoms with E-state index in [1.165, 1.54) is 0 Å². The zero-order valence-corrected chi connectivity index (χ0v) is 6.91. The third kappa shape index (κ3) is 1.69. The van der Waals surface area contributed by atoms with Crippen LogP contribution >= 0.6 is 0 Å². The Morgan fingerprint density at radius 2 is 1.62 bits per heavy atom. The smallest absolute Gasteiger partial charge is 0.119 e. The molecule has 0 heterocycles. The Hall–Kier alpha value is -0.240. The lowest BCUT2D eigenvalue weighted by atomic mass is 9.78. The first-order valence-corrected chi connectivity index (χ1v) is 3.98. The Morgan fingerprint density at radius 3 is 2.08 bits per heavy atom. The zero-order valence-electron chi connectivity index (χ0n) is 6.91. The number of rotatable bonds is 1. The largest absolute Gasteiger partial charge is 0.393 e. The molecule has 0 radical (unpaired) electrons. The summed E-state index contributed by atoms with van der Waals surface area (Å²) in [6, 6.07) is 0. The van der Waals surface area contributed by atoms with E-state index in [2.05, 4.69) is 0 Å². The summed E-state index contributed by atoms with van der Waals surface area (Å²) in [6.07, 6.45) is -6.53. The summed E-state index contributed by atoms with van der Waals surface area (Å²) >= 11 is 0. The molecule has 5 atom stereocenters. The maximum Gasteiger partial charge on any atom is 0.119 e. The minimum atomic E-state index is -1.95. The lowest BCUT2D eigenvalue weighted by molar-refractivity contribution is -0.228. The van der Waals surface area contributed by atoms with E-state index >= 15 is 0 Å². The van der Waals surface area contributed by atoms with Crippen molar-refractivity contribution in [3.8, 4) is 0 Å². The Morgan fingerprint density at radius 1 is 1.08 bits per heavy atom. The summed E-state index contributed by atoms with van der Waals surface area (Å²) < 4.78 is 0. The quantitative estimate of drug-likeness (QED) is 0.258. The zero-order chi connectivity index (χ0) is 10.2. The summed E-state index contributed by atoms with van der Waals surface area (Å²) in [6.45, 7) is -0.783. The van der Waals surface area contributed by atoms with Crippen molar-refractivity contribution in [3.05, 3.63) is 0 Å². The normalized spacial score (nSPS) is 52.2. The van der Waals surface area contributed by atoms with E-state index in [0.717, 1.165) is 0 Å². The molecule has 0 aromatic heterocycles. The molecule has 0 amide bonds. The van der Waals surface area contributed by atoms with Gasteiger partial charge in [-0.05, 0) is 0 Å². The summed E-state index contributed by atoms with van der Waals surface area (Å²) in [4.78, 5) is 0. The van der Waals surface area contributed by atoms with Gasteiger partial charge in [-0.25, -0.2) is 0 Å². The summed E-state index contributed by atoms with van der Waals surface area (Å²) in [5.41, 5.74) is -1.95. The van der Waals surface area contributed by atoms with Crippen molar-refractivity contribution in [2.75, 3.05) is 6.61 Å². The molecule has 0 aliphatic heterocycles. The molecule has 6 heteroatoms. The lowest BCUT2D eigenvalue weighted by Gasteiger charge is -2.43. The van der Waals surface area contributed by atoms with E-state index < -0.39 is 36.6 Å². The van der Waals surface area contributed by atoms with Crippen molar-refractivity contribution in [2.24, 2.45) is 0 Å². The molecule has 0 aromatic rings. The molecule has 78 valence electrons. The average molecular weight is 194 g/mol. The summed E-state index contributed by atoms with van der Waals surface area (Å²) in [5.74, 6) is 0. The van der Waals surface area contributed by atoms with E-state index in [0.29, 0.717) is 0 Å². The molecule has 1 aliphatic carbocycles.